The van der Waals surface area contributed by atoms with Gasteiger partial charge in [0, 0.05) is 19.7 Å². The van der Waals surface area contributed by atoms with Gasteiger partial charge in [0.1, 0.15) is 0 Å². The second kappa shape index (κ2) is 5.68. The van der Waals surface area contributed by atoms with Gasteiger partial charge in [-0.1, -0.05) is 11.6 Å². The largest absolute Gasteiger partial charge is 0.460 e. The molecule has 1 aromatic carbocycles. The molecule has 0 amide bonds. The second-order valence-corrected chi connectivity index (χ2v) is 4.02. The van der Waals surface area contributed by atoms with E-state index in [1.807, 2.05) is 19.0 Å². The number of esters is 1. The summed E-state index contributed by atoms with van der Waals surface area (Å²) in [6, 6.07) is 4.71. The van der Waals surface area contributed by atoms with Gasteiger partial charge >= 0.3 is 5.97 Å². The van der Waals surface area contributed by atoms with Crippen molar-refractivity contribution in [3.63, 3.8) is 0 Å². The molecule has 1 aromatic rings. The van der Waals surface area contributed by atoms with Crippen LogP contribution in [0.1, 0.15) is 17.3 Å². The quantitative estimate of drug-likeness (QED) is 0.470. The van der Waals surface area contributed by atoms with Gasteiger partial charge in [0.15, 0.2) is 0 Å². The lowest BCUT2D eigenvalue weighted by Crippen LogP contribution is -2.18. The Balaban J connectivity index is 2.98. The number of hydrogen-bond acceptors (Lipinski definition) is 4. The first kappa shape index (κ1) is 13.5. The number of Topliss-reactive ketones (excluding diaryl/α,β-unsaturated/α-hetero) is 1. The summed E-state index contributed by atoms with van der Waals surface area (Å²) in [4.78, 5) is 24.7. The molecule has 0 fully saturated rings. The maximum atomic E-state index is 11.6. The number of carbonyl (C=O) groups excluding carboxylic acids is 2. The SMILES string of the molecule is CCOC(=O)C(=O)c1ccc(N(C)C)c(Cl)c1. The van der Waals surface area contributed by atoms with E-state index in [2.05, 4.69) is 4.74 Å². The van der Waals surface area contributed by atoms with Crippen LogP contribution in [0.25, 0.3) is 0 Å². The van der Waals surface area contributed by atoms with Crippen molar-refractivity contribution in [3.05, 3.63) is 28.8 Å². The van der Waals surface area contributed by atoms with E-state index < -0.39 is 11.8 Å². The van der Waals surface area contributed by atoms with Gasteiger partial charge in [-0.2, -0.15) is 0 Å². The minimum Gasteiger partial charge on any atom is -0.460 e. The third-order valence-electron chi connectivity index (χ3n) is 2.15. The smallest absolute Gasteiger partial charge is 0.379 e. The molecule has 0 bridgehead atoms. The zero-order chi connectivity index (χ0) is 13.0. The summed E-state index contributed by atoms with van der Waals surface area (Å²) in [5.41, 5.74) is 1.02. The Hall–Kier alpha value is -1.55. The summed E-state index contributed by atoms with van der Waals surface area (Å²) in [7, 11) is 3.68. The molecule has 17 heavy (non-hydrogen) atoms. The molecule has 0 aromatic heterocycles. The van der Waals surface area contributed by atoms with Gasteiger partial charge in [0.2, 0.25) is 0 Å². The van der Waals surface area contributed by atoms with Gasteiger partial charge in [-0.05, 0) is 25.1 Å². The van der Waals surface area contributed by atoms with Crippen LogP contribution in [-0.2, 0) is 9.53 Å². The molecule has 0 atom stereocenters. The molecule has 0 aliphatic carbocycles. The number of benzene rings is 1. The zero-order valence-electron chi connectivity index (χ0n) is 9.99. The number of nitrogens with zero attached hydrogens (tertiary/aromatic N) is 1. The van der Waals surface area contributed by atoms with Gasteiger partial charge in [-0.15, -0.1) is 0 Å². The van der Waals surface area contributed by atoms with Crippen molar-refractivity contribution in [1.82, 2.24) is 0 Å². The first-order chi connectivity index (χ1) is 7.97. The summed E-state index contributed by atoms with van der Waals surface area (Å²) < 4.78 is 4.63. The molecule has 4 nitrogen and oxygen atoms in total. The number of ketones is 1. The van der Waals surface area contributed by atoms with E-state index in [0.717, 1.165) is 5.69 Å². The van der Waals surface area contributed by atoms with Gasteiger partial charge in [0.05, 0.1) is 17.3 Å². The highest BCUT2D eigenvalue weighted by Gasteiger charge is 2.18. The van der Waals surface area contributed by atoms with Crippen molar-refractivity contribution in [2.24, 2.45) is 0 Å². The molecule has 0 spiro atoms. The molecular formula is C12H14ClNO3. The van der Waals surface area contributed by atoms with E-state index in [-0.39, 0.29) is 12.2 Å². The highest BCUT2D eigenvalue weighted by atomic mass is 35.5. The van der Waals surface area contributed by atoms with Crippen molar-refractivity contribution < 1.29 is 14.3 Å². The molecule has 1 rings (SSSR count). The first-order valence-electron chi connectivity index (χ1n) is 5.15. The normalized spacial score (nSPS) is 9.88. The predicted molar refractivity (Wildman–Crippen MR) is 66.7 cm³/mol. The average molecular weight is 256 g/mol. The van der Waals surface area contributed by atoms with Crippen LogP contribution < -0.4 is 4.90 Å². The molecule has 0 aliphatic rings. The lowest BCUT2D eigenvalue weighted by Gasteiger charge is -2.14. The molecule has 0 saturated heterocycles. The predicted octanol–water partition coefficient (Wildman–Crippen LogP) is 2.15. The van der Waals surface area contributed by atoms with Crippen molar-refractivity contribution in [3.8, 4) is 0 Å². The van der Waals surface area contributed by atoms with Crippen LogP contribution in [0.15, 0.2) is 18.2 Å². The van der Waals surface area contributed by atoms with Crippen LogP contribution in [0.2, 0.25) is 5.02 Å². The first-order valence-corrected chi connectivity index (χ1v) is 5.53. The fourth-order valence-electron chi connectivity index (χ4n) is 1.33. The number of hydrogen-bond donors (Lipinski definition) is 0. The molecular weight excluding hydrogens is 242 g/mol. The molecule has 0 saturated carbocycles. The van der Waals surface area contributed by atoms with Crippen LogP contribution >= 0.6 is 11.6 Å². The Kier molecular flexibility index (Phi) is 4.52. The third kappa shape index (κ3) is 3.20. The lowest BCUT2D eigenvalue weighted by molar-refractivity contribution is -0.137. The molecule has 92 valence electrons. The number of ether oxygens (including phenoxy) is 1. The van der Waals surface area contributed by atoms with E-state index in [9.17, 15) is 9.59 Å². The standard InChI is InChI=1S/C12H14ClNO3/c1-4-17-12(16)11(15)8-5-6-10(14(2)3)9(13)7-8/h5-7H,4H2,1-3H3. The summed E-state index contributed by atoms with van der Waals surface area (Å²) in [5.74, 6) is -1.54. The zero-order valence-corrected chi connectivity index (χ0v) is 10.7. The van der Waals surface area contributed by atoms with Crippen LogP contribution in [-0.4, -0.2) is 32.5 Å². The second-order valence-electron chi connectivity index (χ2n) is 3.61. The molecule has 0 aliphatic heterocycles. The van der Waals surface area contributed by atoms with Crippen LogP contribution in [0.4, 0.5) is 5.69 Å². The van der Waals surface area contributed by atoms with Crippen molar-refractivity contribution >= 4 is 29.0 Å². The molecule has 0 N–H and O–H groups in total. The maximum Gasteiger partial charge on any atom is 0.379 e. The number of halogens is 1. The van der Waals surface area contributed by atoms with E-state index in [0.29, 0.717) is 5.02 Å². The Morgan fingerprint density at radius 3 is 2.47 bits per heavy atom. The average Bonchev–Trinajstić information content (AvgIpc) is 2.27. The highest BCUT2D eigenvalue weighted by molar-refractivity contribution is 6.41. The fraction of sp³-hybridized carbons (Fsp3) is 0.333. The van der Waals surface area contributed by atoms with E-state index >= 15 is 0 Å². The van der Waals surface area contributed by atoms with E-state index in [4.69, 9.17) is 11.6 Å². The summed E-state index contributed by atoms with van der Waals surface area (Å²) in [6.45, 7) is 1.82. The third-order valence-corrected chi connectivity index (χ3v) is 2.46. The monoisotopic (exact) mass is 255 g/mol. The van der Waals surface area contributed by atoms with E-state index in [1.165, 1.54) is 6.07 Å². The number of rotatable bonds is 4. The van der Waals surface area contributed by atoms with Gasteiger partial charge in [-0.3, -0.25) is 4.79 Å². The van der Waals surface area contributed by atoms with Gasteiger partial charge in [0.25, 0.3) is 5.78 Å². The molecule has 0 radical (unpaired) electrons. The summed E-state index contributed by atoms with van der Waals surface area (Å²) >= 11 is 6.00. The van der Waals surface area contributed by atoms with Crippen LogP contribution in [0.3, 0.4) is 0 Å². The Labute approximate surface area is 105 Å². The van der Waals surface area contributed by atoms with Crippen molar-refractivity contribution in [1.29, 1.82) is 0 Å². The minimum atomic E-state index is -0.860. The minimum absolute atomic E-state index is 0.175. The van der Waals surface area contributed by atoms with Crippen molar-refractivity contribution in [2.75, 3.05) is 25.6 Å². The number of anilines is 1. The molecule has 0 unspecified atom stereocenters. The van der Waals surface area contributed by atoms with Gasteiger partial charge < -0.3 is 9.64 Å². The van der Waals surface area contributed by atoms with E-state index in [1.54, 1.807) is 19.1 Å². The summed E-state index contributed by atoms with van der Waals surface area (Å²) in [6.07, 6.45) is 0. The Morgan fingerprint density at radius 2 is 2.00 bits per heavy atom. The fourth-order valence-corrected chi connectivity index (χ4v) is 1.67. The van der Waals surface area contributed by atoms with Gasteiger partial charge in [-0.25, -0.2) is 4.79 Å². The Morgan fingerprint density at radius 1 is 1.35 bits per heavy atom. The lowest BCUT2D eigenvalue weighted by atomic mass is 10.1. The Bertz CT molecular complexity index is 443. The summed E-state index contributed by atoms with van der Waals surface area (Å²) in [5, 5.41) is 0.421. The van der Waals surface area contributed by atoms with Crippen LogP contribution in [0, 0.1) is 0 Å². The number of carbonyl (C=O) groups is 2. The molecule has 0 heterocycles. The molecule has 5 heteroatoms. The van der Waals surface area contributed by atoms with Crippen molar-refractivity contribution in [2.45, 2.75) is 6.92 Å². The van der Waals surface area contributed by atoms with Crippen LogP contribution in [0.5, 0.6) is 0 Å². The topological polar surface area (TPSA) is 46.6 Å². The maximum absolute atomic E-state index is 11.6. The highest BCUT2D eigenvalue weighted by Crippen LogP contribution is 2.25.